The van der Waals surface area contributed by atoms with Crippen LogP contribution in [0.25, 0.3) is 44.8 Å². The summed E-state index contributed by atoms with van der Waals surface area (Å²) in [7, 11) is 0. The van der Waals surface area contributed by atoms with Crippen LogP contribution in [-0.2, 0) is 0 Å². The number of dihydropyridines is 1. The highest BCUT2D eigenvalue weighted by molar-refractivity contribution is 5.75. The maximum Gasteiger partial charge on any atom is 0.0886 e. The lowest BCUT2D eigenvalue weighted by molar-refractivity contribution is 0.631. The molecule has 4 heterocycles. The van der Waals surface area contributed by atoms with Crippen LogP contribution in [0.5, 0.6) is 0 Å². The second kappa shape index (κ2) is 14.7. The number of benzene rings is 4. The summed E-state index contributed by atoms with van der Waals surface area (Å²) in [6.07, 6.45) is 13.7. The topological polar surface area (TPSA) is 103 Å². The summed E-state index contributed by atoms with van der Waals surface area (Å²) < 4.78 is 0. The van der Waals surface area contributed by atoms with Gasteiger partial charge in [-0.25, -0.2) is 0 Å². The molecule has 6 heteroatoms. The van der Waals surface area contributed by atoms with Crippen molar-refractivity contribution in [3.63, 3.8) is 0 Å². The van der Waals surface area contributed by atoms with Crippen LogP contribution in [0.2, 0.25) is 0 Å². The molecule has 52 heavy (non-hydrogen) atoms. The van der Waals surface area contributed by atoms with E-state index in [9.17, 15) is 0 Å². The van der Waals surface area contributed by atoms with Crippen molar-refractivity contribution in [1.29, 1.82) is 0 Å². The maximum atomic E-state index is 7.42. The van der Waals surface area contributed by atoms with Gasteiger partial charge in [0.2, 0.25) is 0 Å². The average molecular weight is 675 g/mol. The summed E-state index contributed by atoms with van der Waals surface area (Å²) in [5.41, 5.74) is 26.9. The Morgan fingerprint density at radius 3 is 1.87 bits per heavy atom. The number of nitrogens with two attached hydrogens (primary N) is 2. The molecule has 5 N–H and O–H groups in total. The normalized spacial score (nSPS) is 14.8. The second-order valence-corrected chi connectivity index (χ2v) is 13.0. The lowest BCUT2D eigenvalue weighted by atomic mass is 9.80. The third-order valence-corrected chi connectivity index (χ3v) is 9.64. The van der Waals surface area contributed by atoms with Crippen molar-refractivity contribution in [1.82, 2.24) is 20.3 Å². The third kappa shape index (κ3) is 6.88. The monoisotopic (exact) mass is 674 g/mol. The van der Waals surface area contributed by atoms with Crippen molar-refractivity contribution in [2.45, 2.75) is 18.0 Å². The van der Waals surface area contributed by atoms with Gasteiger partial charge in [-0.2, -0.15) is 0 Å². The summed E-state index contributed by atoms with van der Waals surface area (Å²) in [6, 6.07) is 47.3. The van der Waals surface area contributed by atoms with E-state index in [2.05, 4.69) is 107 Å². The standard InChI is InChI=1S/C46H38N6/c47-40-28-33(31-11-3-1-4-12-31)17-20-39(40)45(32-13-5-2-6-14-32)46(48)38-26-36(34-18-21-43(51-29-34)41-15-7-9-23-49-41)25-37(27-38)35-19-22-44(52-30-35)42-16-8-10-24-50-42/h1-30,41,45-46,49H,47-48H2/t41?,45?,46-/m0/s1. The first-order valence-electron chi connectivity index (χ1n) is 17.4. The number of aromatic nitrogens is 3. The lowest BCUT2D eigenvalue weighted by Gasteiger charge is -2.28. The van der Waals surface area contributed by atoms with Gasteiger partial charge in [-0.1, -0.05) is 103 Å². The van der Waals surface area contributed by atoms with Crippen LogP contribution in [0.1, 0.15) is 40.4 Å². The fourth-order valence-corrected chi connectivity index (χ4v) is 6.90. The minimum Gasteiger partial charge on any atom is -0.398 e. The first-order valence-corrected chi connectivity index (χ1v) is 17.4. The van der Waals surface area contributed by atoms with Gasteiger partial charge in [-0.3, -0.25) is 15.0 Å². The predicted molar refractivity (Wildman–Crippen MR) is 212 cm³/mol. The Balaban J connectivity index is 1.22. The van der Waals surface area contributed by atoms with Crippen molar-refractivity contribution < 1.29 is 0 Å². The highest BCUT2D eigenvalue weighted by Crippen LogP contribution is 2.41. The number of hydrogen-bond donors (Lipinski definition) is 3. The molecule has 0 saturated carbocycles. The first-order chi connectivity index (χ1) is 25.6. The van der Waals surface area contributed by atoms with Crippen LogP contribution >= 0.6 is 0 Å². The number of pyridine rings is 3. The Hall–Kier alpha value is -6.63. The van der Waals surface area contributed by atoms with Crippen molar-refractivity contribution >= 4 is 5.69 Å². The van der Waals surface area contributed by atoms with Gasteiger partial charge >= 0.3 is 0 Å². The van der Waals surface area contributed by atoms with Crippen LogP contribution in [0.4, 0.5) is 5.69 Å². The van der Waals surface area contributed by atoms with Crippen LogP contribution in [0.15, 0.2) is 183 Å². The van der Waals surface area contributed by atoms with Crippen LogP contribution in [0, 0.1) is 0 Å². The predicted octanol–water partition coefficient (Wildman–Crippen LogP) is 9.67. The molecule has 8 rings (SSSR count). The van der Waals surface area contributed by atoms with Gasteiger partial charge in [0.15, 0.2) is 0 Å². The number of nitrogens with one attached hydrogen (secondary N) is 1. The van der Waals surface area contributed by atoms with Gasteiger partial charge < -0.3 is 16.8 Å². The summed E-state index contributed by atoms with van der Waals surface area (Å²) in [6.45, 7) is 0. The van der Waals surface area contributed by atoms with Gasteiger partial charge in [-0.15, -0.1) is 0 Å². The van der Waals surface area contributed by atoms with E-state index in [1.165, 1.54) is 0 Å². The van der Waals surface area contributed by atoms with E-state index < -0.39 is 6.04 Å². The molecule has 7 aromatic rings. The van der Waals surface area contributed by atoms with Crippen molar-refractivity contribution in [2.24, 2.45) is 5.73 Å². The molecule has 1 aliphatic heterocycles. The van der Waals surface area contributed by atoms with E-state index >= 15 is 0 Å². The fourth-order valence-electron chi connectivity index (χ4n) is 6.90. The lowest BCUT2D eigenvalue weighted by Crippen LogP contribution is -2.22. The zero-order valence-electron chi connectivity index (χ0n) is 28.5. The minimum atomic E-state index is -0.428. The molecule has 2 unspecified atom stereocenters. The molecule has 0 radical (unpaired) electrons. The third-order valence-electron chi connectivity index (χ3n) is 9.64. The van der Waals surface area contributed by atoms with E-state index in [1.54, 1.807) is 6.20 Å². The number of hydrogen-bond acceptors (Lipinski definition) is 6. The molecule has 0 amide bonds. The smallest absolute Gasteiger partial charge is 0.0886 e. The molecule has 0 saturated heterocycles. The van der Waals surface area contributed by atoms with Crippen molar-refractivity contribution in [3.05, 3.63) is 205 Å². The molecule has 3 aromatic heterocycles. The zero-order chi connectivity index (χ0) is 35.3. The molecule has 0 fully saturated rings. The van der Waals surface area contributed by atoms with Gasteiger partial charge in [0.1, 0.15) is 0 Å². The number of nitrogens with zero attached hydrogens (tertiary/aromatic N) is 3. The largest absolute Gasteiger partial charge is 0.398 e. The molecule has 4 aromatic carbocycles. The quantitative estimate of drug-likeness (QED) is 0.132. The zero-order valence-corrected chi connectivity index (χ0v) is 28.5. The molecule has 0 spiro atoms. The highest BCUT2D eigenvalue weighted by atomic mass is 14.9. The van der Waals surface area contributed by atoms with E-state index in [1.807, 2.05) is 79.3 Å². The summed E-state index contributed by atoms with van der Waals surface area (Å²) in [4.78, 5) is 14.1. The first kappa shape index (κ1) is 32.6. The van der Waals surface area contributed by atoms with E-state index in [0.29, 0.717) is 5.69 Å². The molecule has 3 atom stereocenters. The summed E-state index contributed by atoms with van der Waals surface area (Å²) in [5, 5.41) is 3.36. The number of anilines is 1. The average Bonchev–Trinajstić information content (AvgIpc) is 3.23. The molecular weight excluding hydrogens is 637 g/mol. The van der Waals surface area contributed by atoms with Gasteiger partial charge in [0.25, 0.3) is 0 Å². The summed E-state index contributed by atoms with van der Waals surface area (Å²) >= 11 is 0. The van der Waals surface area contributed by atoms with Crippen molar-refractivity contribution in [2.75, 3.05) is 5.73 Å². The minimum absolute atomic E-state index is 0.0310. The fraction of sp³-hybridized carbons (Fsp3) is 0.0652. The molecule has 1 aliphatic rings. The Morgan fingerprint density at radius 1 is 0.538 bits per heavy atom. The Morgan fingerprint density at radius 2 is 1.23 bits per heavy atom. The maximum absolute atomic E-state index is 7.42. The van der Waals surface area contributed by atoms with E-state index in [4.69, 9.17) is 21.4 Å². The Labute approximate surface area is 304 Å². The van der Waals surface area contributed by atoms with Gasteiger partial charge in [0.05, 0.1) is 23.1 Å². The molecule has 0 aliphatic carbocycles. The SMILES string of the molecule is Nc1cc(-c2ccccc2)ccc1C(c1ccccc1)[C@@H](N)c1cc(-c2ccc(-c3ccccn3)nc2)cc(-c2ccc(C3C=CC=CN3)nc2)c1. The van der Waals surface area contributed by atoms with Crippen LogP contribution < -0.4 is 16.8 Å². The van der Waals surface area contributed by atoms with E-state index in [-0.39, 0.29) is 12.0 Å². The Bertz CT molecular complexity index is 2340. The number of allylic oxidation sites excluding steroid dienone is 2. The number of rotatable bonds is 9. The number of nitrogen functional groups attached to an aromatic ring is 1. The van der Waals surface area contributed by atoms with E-state index in [0.717, 1.165) is 67.2 Å². The highest BCUT2D eigenvalue weighted by Gasteiger charge is 2.27. The second-order valence-electron chi connectivity index (χ2n) is 13.0. The Kier molecular flexibility index (Phi) is 9.20. The molecule has 0 bridgehead atoms. The molecule has 6 nitrogen and oxygen atoms in total. The molecule has 252 valence electrons. The molecular formula is C46H38N6. The van der Waals surface area contributed by atoms with Crippen molar-refractivity contribution in [3.8, 4) is 44.8 Å². The van der Waals surface area contributed by atoms with Gasteiger partial charge in [0, 0.05) is 47.4 Å². The summed E-state index contributed by atoms with van der Waals surface area (Å²) in [5.74, 6) is -0.212. The van der Waals surface area contributed by atoms with Crippen LogP contribution in [-0.4, -0.2) is 15.0 Å². The van der Waals surface area contributed by atoms with Gasteiger partial charge in [-0.05, 0) is 99.8 Å². The van der Waals surface area contributed by atoms with Crippen LogP contribution in [0.3, 0.4) is 0 Å².